The van der Waals surface area contributed by atoms with E-state index in [1.165, 1.54) is 12.8 Å². The Balaban J connectivity index is 1.37. The number of halogens is 1. The number of carbonyl (C=O) groups excluding carboxylic acids is 1. The summed E-state index contributed by atoms with van der Waals surface area (Å²) in [7, 11) is 1.74. The van der Waals surface area contributed by atoms with Crippen LogP contribution in [-0.2, 0) is 4.79 Å². The van der Waals surface area contributed by atoms with Gasteiger partial charge in [-0.2, -0.15) is 0 Å². The maximum absolute atomic E-state index is 13.8. The molecule has 1 saturated carbocycles. The molecule has 2 fully saturated rings. The van der Waals surface area contributed by atoms with Crippen LogP contribution in [0.3, 0.4) is 0 Å². The molecule has 166 valence electrons. The van der Waals surface area contributed by atoms with E-state index in [1.807, 2.05) is 13.0 Å². The van der Waals surface area contributed by atoms with E-state index >= 15 is 0 Å². The summed E-state index contributed by atoms with van der Waals surface area (Å²) in [6.45, 7) is 8.94. The van der Waals surface area contributed by atoms with Crippen molar-refractivity contribution in [3.05, 3.63) is 35.1 Å². The van der Waals surface area contributed by atoms with E-state index in [4.69, 9.17) is 0 Å². The number of benzene rings is 1. The van der Waals surface area contributed by atoms with E-state index in [9.17, 15) is 9.18 Å². The summed E-state index contributed by atoms with van der Waals surface area (Å²) in [6, 6.07) is 5.27. The monoisotopic (exact) mass is 417 g/mol. The number of hydrogen-bond donors (Lipinski definition) is 2. The third-order valence-corrected chi connectivity index (χ3v) is 6.38. The van der Waals surface area contributed by atoms with E-state index in [0.29, 0.717) is 17.4 Å². The van der Waals surface area contributed by atoms with Crippen LogP contribution in [-0.4, -0.2) is 68.0 Å². The van der Waals surface area contributed by atoms with Gasteiger partial charge in [-0.05, 0) is 43.9 Å². The van der Waals surface area contributed by atoms with Crippen LogP contribution in [0.5, 0.6) is 0 Å². The van der Waals surface area contributed by atoms with Crippen LogP contribution in [0.25, 0.3) is 0 Å². The SMILES string of the molecule is CN=C(NCCN1CCN(C(=O)C2CCCC2)CC1)NC(C)c1ccc(C)c(F)c1. The summed E-state index contributed by atoms with van der Waals surface area (Å²) in [5.74, 6) is 1.17. The molecule has 1 aromatic rings. The minimum atomic E-state index is -0.186. The number of carbonyl (C=O) groups is 1. The number of nitrogens with zero attached hydrogens (tertiary/aromatic N) is 3. The molecular weight excluding hydrogens is 381 g/mol. The van der Waals surface area contributed by atoms with Crippen molar-refractivity contribution in [3.8, 4) is 0 Å². The van der Waals surface area contributed by atoms with E-state index in [1.54, 1.807) is 26.1 Å². The number of piperazine rings is 1. The molecule has 1 amide bonds. The van der Waals surface area contributed by atoms with Crippen molar-refractivity contribution in [2.75, 3.05) is 46.3 Å². The third-order valence-electron chi connectivity index (χ3n) is 6.38. The molecular formula is C23H36FN5O. The molecule has 0 radical (unpaired) electrons. The fourth-order valence-electron chi connectivity index (χ4n) is 4.32. The highest BCUT2D eigenvalue weighted by atomic mass is 19.1. The van der Waals surface area contributed by atoms with Gasteiger partial charge < -0.3 is 15.5 Å². The predicted octanol–water partition coefficient (Wildman–Crippen LogP) is 2.69. The average molecular weight is 418 g/mol. The molecule has 1 heterocycles. The van der Waals surface area contributed by atoms with Gasteiger partial charge in [0, 0.05) is 52.2 Å². The molecule has 0 spiro atoms. The first-order valence-electron chi connectivity index (χ1n) is 11.2. The first kappa shape index (κ1) is 22.5. The lowest BCUT2D eigenvalue weighted by molar-refractivity contribution is -0.137. The van der Waals surface area contributed by atoms with Gasteiger partial charge in [-0.25, -0.2) is 4.39 Å². The molecule has 6 nitrogen and oxygen atoms in total. The number of amides is 1. The quantitative estimate of drug-likeness (QED) is 0.552. The van der Waals surface area contributed by atoms with Gasteiger partial charge in [0.15, 0.2) is 5.96 Å². The molecule has 1 aliphatic carbocycles. The number of hydrogen-bond acceptors (Lipinski definition) is 3. The Hall–Kier alpha value is -2.15. The molecule has 0 aromatic heterocycles. The van der Waals surface area contributed by atoms with Crippen LogP contribution >= 0.6 is 0 Å². The lowest BCUT2D eigenvalue weighted by Crippen LogP contribution is -2.52. The maximum atomic E-state index is 13.8. The molecule has 30 heavy (non-hydrogen) atoms. The van der Waals surface area contributed by atoms with Crippen molar-refractivity contribution in [2.45, 2.75) is 45.6 Å². The van der Waals surface area contributed by atoms with Gasteiger partial charge in [0.2, 0.25) is 5.91 Å². The third kappa shape index (κ3) is 5.94. The van der Waals surface area contributed by atoms with Crippen molar-refractivity contribution >= 4 is 11.9 Å². The topological polar surface area (TPSA) is 60.0 Å². The molecule has 2 N–H and O–H groups in total. The fourth-order valence-corrected chi connectivity index (χ4v) is 4.32. The number of guanidine groups is 1. The minimum Gasteiger partial charge on any atom is -0.355 e. The summed E-state index contributed by atoms with van der Waals surface area (Å²) < 4.78 is 13.8. The zero-order valence-electron chi connectivity index (χ0n) is 18.6. The highest BCUT2D eigenvalue weighted by Gasteiger charge is 2.29. The minimum absolute atomic E-state index is 0.0450. The highest BCUT2D eigenvalue weighted by molar-refractivity contribution is 5.80. The second-order valence-electron chi connectivity index (χ2n) is 8.52. The maximum Gasteiger partial charge on any atom is 0.225 e. The molecule has 1 aromatic carbocycles. The largest absolute Gasteiger partial charge is 0.355 e. The Morgan fingerprint density at radius 1 is 1.23 bits per heavy atom. The van der Waals surface area contributed by atoms with E-state index in [0.717, 1.165) is 57.7 Å². The van der Waals surface area contributed by atoms with Crippen molar-refractivity contribution in [2.24, 2.45) is 10.9 Å². The van der Waals surface area contributed by atoms with Crippen LogP contribution in [0.1, 0.15) is 49.8 Å². The zero-order valence-corrected chi connectivity index (χ0v) is 18.6. The van der Waals surface area contributed by atoms with Crippen molar-refractivity contribution < 1.29 is 9.18 Å². The van der Waals surface area contributed by atoms with E-state index in [-0.39, 0.29) is 17.8 Å². The fraction of sp³-hybridized carbons (Fsp3) is 0.652. The standard InChI is InChI=1S/C23H36FN5O/c1-17-8-9-20(16-21(17)24)18(2)27-23(25-3)26-10-11-28-12-14-29(15-13-28)22(30)19-6-4-5-7-19/h8-9,16,18-19H,4-7,10-15H2,1-3H3,(H2,25,26,27). The average Bonchev–Trinajstić information content (AvgIpc) is 3.29. The molecule has 1 saturated heterocycles. The molecule has 1 atom stereocenters. The van der Waals surface area contributed by atoms with Gasteiger partial charge in [-0.3, -0.25) is 14.7 Å². The lowest BCUT2D eigenvalue weighted by Gasteiger charge is -2.36. The Morgan fingerprint density at radius 2 is 1.93 bits per heavy atom. The summed E-state index contributed by atoms with van der Waals surface area (Å²) in [5.41, 5.74) is 1.54. The number of rotatable bonds is 6. The van der Waals surface area contributed by atoms with Crippen molar-refractivity contribution in [3.63, 3.8) is 0 Å². The van der Waals surface area contributed by atoms with Crippen LogP contribution in [0.15, 0.2) is 23.2 Å². The lowest BCUT2D eigenvalue weighted by atomic mass is 10.1. The van der Waals surface area contributed by atoms with Gasteiger partial charge >= 0.3 is 0 Å². The first-order chi connectivity index (χ1) is 14.5. The number of aliphatic imine (C=N–C) groups is 1. The van der Waals surface area contributed by atoms with E-state index in [2.05, 4.69) is 25.4 Å². The number of aryl methyl sites for hydroxylation is 1. The molecule has 7 heteroatoms. The van der Waals surface area contributed by atoms with Crippen molar-refractivity contribution in [1.82, 2.24) is 20.4 Å². The van der Waals surface area contributed by atoms with Gasteiger partial charge in [0.05, 0.1) is 6.04 Å². The molecule has 3 rings (SSSR count). The van der Waals surface area contributed by atoms with Crippen molar-refractivity contribution in [1.29, 1.82) is 0 Å². The Labute approximate surface area is 179 Å². The summed E-state index contributed by atoms with van der Waals surface area (Å²) in [5, 5.41) is 6.67. The van der Waals surface area contributed by atoms with Crippen LogP contribution in [0, 0.1) is 18.7 Å². The molecule has 0 bridgehead atoms. The molecule has 2 aliphatic rings. The smallest absolute Gasteiger partial charge is 0.225 e. The van der Waals surface area contributed by atoms with Crippen LogP contribution in [0.4, 0.5) is 4.39 Å². The highest BCUT2D eigenvalue weighted by Crippen LogP contribution is 2.26. The van der Waals surface area contributed by atoms with Gasteiger partial charge in [-0.15, -0.1) is 0 Å². The Kier molecular flexibility index (Phi) is 8.08. The summed E-state index contributed by atoms with van der Waals surface area (Å²) >= 11 is 0. The zero-order chi connectivity index (χ0) is 21.5. The second kappa shape index (κ2) is 10.8. The predicted molar refractivity (Wildman–Crippen MR) is 119 cm³/mol. The normalized spacial score (nSPS) is 19.7. The van der Waals surface area contributed by atoms with Gasteiger partial charge in [0.1, 0.15) is 5.82 Å². The van der Waals surface area contributed by atoms with E-state index < -0.39 is 0 Å². The summed E-state index contributed by atoms with van der Waals surface area (Å²) in [6.07, 6.45) is 4.55. The number of nitrogens with one attached hydrogen (secondary N) is 2. The van der Waals surface area contributed by atoms with Crippen LogP contribution in [0.2, 0.25) is 0 Å². The Bertz CT molecular complexity index is 739. The second-order valence-corrected chi connectivity index (χ2v) is 8.52. The Morgan fingerprint density at radius 3 is 2.57 bits per heavy atom. The van der Waals surface area contributed by atoms with Crippen LogP contribution < -0.4 is 10.6 Å². The molecule has 1 aliphatic heterocycles. The van der Waals surface area contributed by atoms with Gasteiger partial charge in [-0.1, -0.05) is 25.0 Å². The molecule has 1 unspecified atom stereocenters. The summed E-state index contributed by atoms with van der Waals surface area (Å²) in [4.78, 5) is 21.3. The first-order valence-corrected chi connectivity index (χ1v) is 11.2. The van der Waals surface area contributed by atoms with Gasteiger partial charge in [0.25, 0.3) is 0 Å².